The SMILES string of the molecule is CC(C)N(C(C)C)P(OCCC#N)OC[C@H]1O[C@@H](n2cnc3c(/N=C\N(C)C)ncnc32)CC1NC(c1ccccc1)(c1ccccc1)c1ccccc1. The molecule has 12 nitrogen and oxygen atoms in total. The van der Waals surface area contributed by atoms with Crippen LogP contribution in [-0.2, 0) is 19.3 Å². The number of nitrogens with one attached hydrogen (secondary N) is 1. The minimum Gasteiger partial charge on any atom is -0.369 e. The molecule has 0 saturated carbocycles. The van der Waals surface area contributed by atoms with Crippen molar-refractivity contribution in [3.05, 3.63) is 120 Å². The lowest BCUT2D eigenvalue weighted by atomic mass is 9.76. The number of imidazole rings is 1. The number of ether oxygens (including phenoxy) is 1. The average Bonchev–Trinajstić information content (AvgIpc) is 3.80. The first-order valence-corrected chi connectivity index (χ1v) is 19.5. The van der Waals surface area contributed by atoms with Crippen molar-refractivity contribution in [2.45, 2.75) is 76.5 Å². The maximum atomic E-state index is 9.30. The Balaban J connectivity index is 1.43. The zero-order chi connectivity index (χ0) is 38.1. The van der Waals surface area contributed by atoms with Gasteiger partial charge in [0, 0.05) is 38.6 Å². The highest BCUT2D eigenvalue weighted by Crippen LogP contribution is 2.47. The van der Waals surface area contributed by atoms with Crippen LogP contribution in [0.15, 0.2) is 109 Å². The highest BCUT2D eigenvalue weighted by atomic mass is 31.2. The normalized spacial score (nSPS) is 18.3. The summed E-state index contributed by atoms with van der Waals surface area (Å²) in [6.07, 6.45) is 4.99. The summed E-state index contributed by atoms with van der Waals surface area (Å²) in [5.41, 5.74) is 3.78. The first-order valence-electron chi connectivity index (χ1n) is 18.4. The molecule has 0 amide bonds. The second-order valence-corrected chi connectivity index (χ2v) is 15.5. The smallest absolute Gasteiger partial charge is 0.259 e. The first-order chi connectivity index (χ1) is 26.2. The minimum absolute atomic E-state index is 0.160. The van der Waals surface area contributed by atoms with Crippen LogP contribution in [0.3, 0.4) is 0 Å². The lowest BCUT2D eigenvalue weighted by molar-refractivity contribution is -0.0242. The van der Waals surface area contributed by atoms with Crippen molar-refractivity contribution in [2.24, 2.45) is 4.99 Å². The number of nitrogens with zero attached hydrogens (tertiary/aromatic N) is 8. The van der Waals surface area contributed by atoms with Crippen LogP contribution in [0.1, 0.15) is 63.5 Å². The van der Waals surface area contributed by atoms with Gasteiger partial charge < -0.3 is 18.7 Å². The summed E-state index contributed by atoms with van der Waals surface area (Å²) in [4.78, 5) is 20.1. The van der Waals surface area contributed by atoms with Crippen LogP contribution < -0.4 is 5.32 Å². The predicted molar refractivity (Wildman–Crippen MR) is 213 cm³/mol. The molecule has 4 atom stereocenters. The molecule has 0 aliphatic carbocycles. The van der Waals surface area contributed by atoms with E-state index in [-0.39, 0.29) is 37.8 Å². The fourth-order valence-electron chi connectivity index (χ4n) is 7.07. The average molecular weight is 748 g/mol. The molecule has 1 aliphatic rings. The molecule has 5 aromatic rings. The highest BCUT2D eigenvalue weighted by molar-refractivity contribution is 7.44. The van der Waals surface area contributed by atoms with Crippen molar-refractivity contribution in [3.8, 4) is 6.07 Å². The predicted octanol–water partition coefficient (Wildman–Crippen LogP) is 7.58. The zero-order valence-electron chi connectivity index (χ0n) is 31.9. The molecule has 13 heteroatoms. The molecule has 0 radical (unpaired) electrons. The van der Waals surface area contributed by atoms with Gasteiger partial charge in [0.1, 0.15) is 12.6 Å². The topological polar surface area (TPSA) is 126 Å². The minimum atomic E-state index is -1.50. The molecule has 2 unspecified atom stereocenters. The number of fused-ring (bicyclic) bond motifs is 1. The van der Waals surface area contributed by atoms with Crippen molar-refractivity contribution in [1.82, 2.24) is 34.4 Å². The van der Waals surface area contributed by atoms with Gasteiger partial charge in [0.05, 0.1) is 50.0 Å². The monoisotopic (exact) mass is 747 g/mol. The summed E-state index contributed by atoms with van der Waals surface area (Å²) in [5, 5.41) is 13.5. The quantitative estimate of drug-likeness (QED) is 0.0335. The fourth-order valence-corrected chi connectivity index (χ4v) is 8.68. The molecule has 3 aromatic carbocycles. The number of aliphatic imine (C=N–C) groups is 1. The first kappa shape index (κ1) is 39.1. The molecule has 2 aromatic heterocycles. The van der Waals surface area contributed by atoms with Crippen LogP contribution in [0.2, 0.25) is 0 Å². The van der Waals surface area contributed by atoms with Crippen LogP contribution in [0, 0.1) is 11.3 Å². The molecule has 1 saturated heterocycles. The summed E-state index contributed by atoms with van der Waals surface area (Å²) in [6.45, 7) is 9.07. The Labute approximate surface area is 319 Å². The van der Waals surface area contributed by atoms with E-state index >= 15 is 0 Å². The van der Waals surface area contributed by atoms with Gasteiger partial charge in [-0.1, -0.05) is 91.0 Å². The Morgan fingerprint density at radius 1 is 0.926 bits per heavy atom. The lowest BCUT2D eigenvalue weighted by Crippen LogP contribution is -2.53. The third kappa shape index (κ3) is 8.68. The molecule has 54 heavy (non-hydrogen) atoms. The maximum Gasteiger partial charge on any atom is 0.259 e. The van der Waals surface area contributed by atoms with Gasteiger partial charge in [0.25, 0.3) is 8.53 Å². The van der Waals surface area contributed by atoms with Crippen molar-refractivity contribution in [3.63, 3.8) is 0 Å². The molecular formula is C41H50N9O3P. The highest BCUT2D eigenvalue weighted by Gasteiger charge is 2.45. The standard InChI is InChI=1S/C41H50N9O3P/c1-30(2)50(31(3)4)54(51-24-16-23-42)52-26-36-35(25-37(53-36)49-29-45-38-39(46-28-48(5)6)43-27-44-40(38)49)47-41(32-17-10-7-11-18-32,33-19-12-8-13-20-33)34-21-14-9-15-22-34/h7-15,17-22,27-31,35-37,47H,16,24-26H2,1-6H3/b46-28-/t35?,36-,37-,54?/m1/s1. The summed E-state index contributed by atoms with van der Waals surface area (Å²) >= 11 is 0. The summed E-state index contributed by atoms with van der Waals surface area (Å²) in [7, 11) is 2.31. The van der Waals surface area contributed by atoms with E-state index in [9.17, 15) is 5.26 Å². The van der Waals surface area contributed by atoms with Gasteiger partial charge in [0.2, 0.25) is 0 Å². The van der Waals surface area contributed by atoms with E-state index in [4.69, 9.17) is 18.8 Å². The largest absolute Gasteiger partial charge is 0.369 e. The van der Waals surface area contributed by atoms with Gasteiger partial charge in [-0.3, -0.25) is 9.88 Å². The lowest BCUT2D eigenvalue weighted by Gasteiger charge is -2.40. The van der Waals surface area contributed by atoms with Crippen molar-refractivity contribution >= 4 is 31.8 Å². The number of hydrogen-bond donors (Lipinski definition) is 1. The van der Waals surface area contributed by atoms with E-state index in [2.05, 4.69) is 132 Å². The van der Waals surface area contributed by atoms with Gasteiger partial charge in [0.15, 0.2) is 17.0 Å². The van der Waals surface area contributed by atoms with Crippen LogP contribution in [0.25, 0.3) is 11.2 Å². The molecule has 282 valence electrons. The second-order valence-electron chi connectivity index (χ2n) is 14.0. The van der Waals surface area contributed by atoms with Gasteiger partial charge in [-0.25, -0.2) is 24.6 Å². The van der Waals surface area contributed by atoms with Crippen LogP contribution in [0.5, 0.6) is 0 Å². The van der Waals surface area contributed by atoms with Crippen molar-refractivity contribution in [1.29, 1.82) is 5.26 Å². The third-order valence-electron chi connectivity index (χ3n) is 9.33. The Morgan fingerprint density at radius 3 is 2.06 bits per heavy atom. The van der Waals surface area contributed by atoms with Gasteiger partial charge in [-0.2, -0.15) is 5.26 Å². The number of nitriles is 1. The molecule has 0 bridgehead atoms. The van der Waals surface area contributed by atoms with Crippen LogP contribution >= 0.6 is 8.53 Å². The Bertz CT molecular complexity index is 1880. The van der Waals surface area contributed by atoms with E-state index in [0.29, 0.717) is 23.4 Å². The Kier molecular flexibility index (Phi) is 13.1. The van der Waals surface area contributed by atoms with E-state index in [0.717, 1.165) is 16.7 Å². The van der Waals surface area contributed by atoms with E-state index < -0.39 is 26.4 Å². The van der Waals surface area contributed by atoms with E-state index in [1.807, 2.05) is 41.8 Å². The van der Waals surface area contributed by atoms with Crippen LogP contribution in [0.4, 0.5) is 5.82 Å². The molecule has 1 aliphatic heterocycles. The molecule has 6 rings (SSSR count). The van der Waals surface area contributed by atoms with Crippen molar-refractivity contribution in [2.75, 3.05) is 27.3 Å². The van der Waals surface area contributed by atoms with Crippen LogP contribution in [-0.4, -0.2) is 87.0 Å². The summed E-state index contributed by atoms with van der Waals surface area (Å²) < 4.78 is 24.3. The molecular weight excluding hydrogens is 697 g/mol. The van der Waals surface area contributed by atoms with Gasteiger partial charge in [-0.05, 0) is 44.4 Å². The third-order valence-corrected chi connectivity index (χ3v) is 11.4. The van der Waals surface area contributed by atoms with Gasteiger partial charge in [-0.15, -0.1) is 0 Å². The second kappa shape index (κ2) is 18.2. The number of rotatable bonds is 17. The summed E-state index contributed by atoms with van der Waals surface area (Å²) in [5.74, 6) is 0.485. The van der Waals surface area contributed by atoms with E-state index in [1.54, 1.807) is 12.7 Å². The van der Waals surface area contributed by atoms with Crippen molar-refractivity contribution < 1.29 is 13.8 Å². The maximum absolute atomic E-state index is 9.30. The van der Waals surface area contributed by atoms with Gasteiger partial charge >= 0.3 is 0 Å². The molecule has 0 spiro atoms. The number of aromatic nitrogens is 4. The molecule has 1 N–H and O–H groups in total. The number of benzene rings is 3. The molecule has 3 heterocycles. The summed E-state index contributed by atoms with van der Waals surface area (Å²) in [6, 6.07) is 34.0. The van der Waals surface area contributed by atoms with E-state index in [1.165, 1.54) is 6.33 Å². The Morgan fingerprint density at radius 2 is 1.52 bits per heavy atom. The molecule has 1 fully saturated rings. The fraction of sp³-hybridized carbons (Fsp3) is 0.390. The Hall–Kier alpha value is -4.60. The zero-order valence-corrected chi connectivity index (χ0v) is 32.8. The number of hydrogen-bond acceptors (Lipinski definition) is 10.